The number of hydrogen-bond acceptors (Lipinski definition) is 2. The second-order valence-electron chi connectivity index (χ2n) is 5.81. The molecule has 0 aliphatic carbocycles. The second kappa shape index (κ2) is 5.25. The van der Waals surface area contributed by atoms with Gasteiger partial charge in [-0.2, -0.15) is 5.10 Å². The summed E-state index contributed by atoms with van der Waals surface area (Å²) < 4.78 is 1.93. The first-order valence-electron chi connectivity index (χ1n) is 6.33. The van der Waals surface area contributed by atoms with Crippen LogP contribution in [0.1, 0.15) is 26.3 Å². The molecule has 0 atom stereocenters. The molecule has 18 heavy (non-hydrogen) atoms. The Labute approximate surface area is 109 Å². The highest BCUT2D eigenvalue weighted by Crippen LogP contribution is 2.16. The third-order valence-electron chi connectivity index (χ3n) is 2.68. The monoisotopic (exact) mass is 243 g/mol. The van der Waals surface area contributed by atoms with Crippen molar-refractivity contribution in [2.45, 2.75) is 27.3 Å². The Morgan fingerprint density at radius 1 is 1.17 bits per heavy atom. The maximum Gasteiger partial charge on any atom is 0.0659 e. The fraction of sp³-hybridized carbons (Fsp3) is 0.400. The van der Waals surface area contributed by atoms with Crippen molar-refractivity contribution in [1.82, 2.24) is 9.78 Å². The van der Waals surface area contributed by atoms with E-state index in [1.54, 1.807) is 6.20 Å². The van der Waals surface area contributed by atoms with Gasteiger partial charge in [0.15, 0.2) is 0 Å². The molecule has 1 aromatic heterocycles. The van der Waals surface area contributed by atoms with Gasteiger partial charge in [0.05, 0.1) is 6.54 Å². The van der Waals surface area contributed by atoms with Gasteiger partial charge in [0, 0.05) is 24.6 Å². The summed E-state index contributed by atoms with van der Waals surface area (Å²) in [5.41, 5.74) is 2.74. The number of nitrogens with one attached hydrogen (secondary N) is 1. The highest BCUT2D eigenvalue weighted by Gasteiger charge is 2.09. The molecule has 0 spiro atoms. The van der Waals surface area contributed by atoms with Gasteiger partial charge in [-0.05, 0) is 29.2 Å². The van der Waals surface area contributed by atoms with Gasteiger partial charge in [-0.3, -0.25) is 4.68 Å². The Balaban J connectivity index is 1.93. The molecule has 1 heterocycles. The van der Waals surface area contributed by atoms with Gasteiger partial charge in [-0.1, -0.05) is 32.9 Å². The van der Waals surface area contributed by atoms with Crippen molar-refractivity contribution < 1.29 is 0 Å². The van der Waals surface area contributed by atoms with E-state index >= 15 is 0 Å². The quantitative estimate of drug-likeness (QED) is 0.892. The first-order valence-corrected chi connectivity index (χ1v) is 6.33. The van der Waals surface area contributed by atoms with E-state index in [2.05, 4.69) is 55.5 Å². The van der Waals surface area contributed by atoms with Gasteiger partial charge in [-0.25, -0.2) is 0 Å². The van der Waals surface area contributed by atoms with E-state index in [9.17, 15) is 0 Å². The zero-order chi connectivity index (χ0) is 13.0. The Morgan fingerprint density at radius 3 is 2.44 bits per heavy atom. The second-order valence-corrected chi connectivity index (χ2v) is 5.81. The third-order valence-corrected chi connectivity index (χ3v) is 2.68. The lowest BCUT2D eigenvalue weighted by molar-refractivity contribution is 0.443. The minimum absolute atomic E-state index is 0.299. The highest BCUT2D eigenvalue weighted by molar-refractivity contribution is 5.44. The lowest BCUT2D eigenvalue weighted by Crippen LogP contribution is -2.18. The molecule has 2 rings (SSSR count). The van der Waals surface area contributed by atoms with Crippen molar-refractivity contribution in [3.63, 3.8) is 0 Å². The maximum absolute atomic E-state index is 4.20. The average Bonchev–Trinajstić information content (AvgIpc) is 2.80. The highest BCUT2D eigenvalue weighted by atomic mass is 15.3. The molecule has 0 saturated carbocycles. The van der Waals surface area contributed by atoms with Crippen molar-refractivity contribution >= 4 is 5.69 Å². The Morgan fingerprint density at radius 2 is 1.89 bits per heavy atom. The summed E-state index contributed by atoms with van der Waals surface area (Å²) >= 11 is 0. The average molecular weight is 243 g/mol. The van der Waals surface area contributed by atoms with Crippen LogP contribution in [0, 0.1) is 5.41 Å². The van der Waals surface area contributed by atoms with Gasteiger partial charge in [0.1, 0.15) is 0 Å². The van der Waals surface area contributed by atoms with Crippen LogP contribution in [-0.4, -0.2) is 16.3 Å². The van der Waals surface area contributed by atoms with E-state index in [1.165, 1.54) is 11.3 Å². The zero-order valence-corrected chi connectivity index (χ0v) is 11.4. The Bertz CT molecular complexity index is 463. The molecule has 0 unspecified atom stereocenters. The van der Waals surface area contributed by atoms with Crippen molar-refractivity contribution in [3.05, 3.63) is 48.3 Å². The predicted molar refractivity (Wildman–Crippen MR) is 75.7 cm³/mol. The van der Waals surface area contributed by atoms with Gasteiger partial charge in [0.2, 0.25) is 0 Å². The van der Waals surface area contributed by atoms with Crippen LogP contribution in [0.25, 0.3) is 0 Å². The molecular weight excluding hydrogens is 222 g/mol. The lowest BCUT2D eigenvalue weighted by atomic mass is 9.97. The Kier molecular flexibility index (Phi) is 3.70. The number of aromatic nitrogens is 2. The normalized spacial score (nSPS) is 11.5. The molecule has 96 valence electrons. The smallest absolute Gasteiger partial charge is 0.0659 e. The van der Waals surface area contributed by atoms with Crippen LogP contribution in [-0.2, 0) is 6.54 Å². The van der Waals surface area contributed by atoms with Gasteiger partial charge < -0.3 is 5.32 Å². The van der Waals surface area contributed by atoms with E-state index in [4.69, 9.17) is 0 Å². The number of rotatable bonds is 4. The van der Waals surface area contributed by atoms with Crippen LogP contribution in [0.5, 0.6) is 0 Å². The number of anilines is 1. The summed E-state index contributed by atoms with van der Waals surface area (Å²) in [6.07, 6.45) is 3.78. The molecule has 3 heteroatoms. The van der Waals surface area contributed by atoms with E-state index in [0.717, 1.165) is 13.1 Å². The fourth-order valence-corrected chi connectivity index (χ4v) is 1.68. The van der Waals surface area contributed by atoms with E-state index in [-0.39, 0.29) is 0 Å². The van der Waals surface area contributed by atoms with Gasteiger partial charge in [-0.15, -0.1) is 0 Å². The molecule has 0 aliphatic rings. The van der Waals surface area contributed by atoms with Crippen LogP contribution in [0.2, 0.25) is 0 Å². The molecule has 0 saturated heterocycles. The summed E-state index contributed by atoms with van der Waals surface area (Å²) in [6.45, 7) is 8.49. The molecule has 1 aromatic carbocycles. The molecule has 3 nitrogen and oxygen atoms in total. The molecule has 2 aromatic rings. The summed E-state index contributed by atoms with van der Waals surface area (Å²) in [6, 6.07) is 10.5. The van der Waals surface area contributed by atoms with Crippen LogP contribution in [0.3, 0.4) is 0 Å². The molecule has 0 radical (unpaired) electrons. The van der Waals surface area contributed by atoms with E-state index < -0.39 is 0 Å². The van der Waals surface area contributed by atoms with E-state index in [0.29, 0.717) is 5.41 Å². The number of hydrogen-bond donors (Lipinski definition) is 1. The van der Waals surface area contributed by atoms with Crippen molar-refractivity contribution in [2.75, 3.05) is 11.9 Å². The fourth-order valence-electron chi connectivity index (χ4n) is 1.68. The minimum atomic E-state index is 0.299. The topological polar surface area (TPSA) is 29.9 Å². The van der Waals surface area contributed by atoms with E-state index in [1.807, 2.05) is 16.9 Å². The summed E-state index contributed by atoms with van der Waals surface area (Å²) in [4.78, 5) is 0. The maximum atomic E-state index is 4.20. The largest absolute Gasteiger partial charge is 0.385 e. The summed E-state index contributed by atoms with van der Waals surface area (Å²) in [7, 11) is 0. The predicted octanol–water partition coefficient (Wildman–Crippen LogP) is 3.39. The molecule has 0 fully saturated rings. The van der Waals surface area contributed by atoms with Crippen LogP contribution in [0.15, 0.2) is 42.7 Å². The van der Waals surface area contributed by atoms with Gasteiger partial charge in [0.25, 0.3) is 0 Å². The molecule has 0 aliphatic heterocycles. The molecule has 0 bridgehead atoms. The Hall–Kier alpha value is -1.77. The summed E-state index contributed by atoms with van der Waals surface area (Å²) in [5.74, 6) is 0. The SMILES string of the molecule is CC(C)(C)CNc1ccc(Cn2cccn2)cc1. The van der Waals surface area contributed by atoms with Gasteiger partial charge >= 0.3 is 0 Å². The number of nitrogens with zero attached hydrogens (tertiary/aromatic N) is 2. The third kappa shape index (κ3) is 3.91. The van der Waals surface area contributed by atoms with Crippen LogP contribution < -0.4 is 5.32 Å². The molecule has 1 N–H and O–H groups in total. The van der Waals surface area contributed by atoms with Crippen LogP contribution >= 0.6 is 0 Å². The molecular formula is C15H21N3. The molecule has 0 amide bonds. The van der Waals surface area contributed by atoms with Crippen molar-refractivity contribution in [3.8, 4) is 0 Å². The lowest BCUT2D eigenvalue weighted by Gasteiger charge is -2.19. The number of benzene rings is 1. The zero-order valence-electron chi connectivity index (χ0n) is 11.4. The first kappa shape index (κ1) is 12.7. The van der Waals surface area contributed by atoms with Crippen molar-refractivity contribution in [1.29, 1.82) is 0 Å². The summed E-state index contributed by atoms with van der Waals surface area (Å²) in [5, 5.41) is 7.65. The van der Waals surface area contributed by atoms with Crippen LogP contribution in [0.4, 0.5) is 5.69 Å². The minimum Gasteiger partial charge on any atom is -0.385 e. The standard InChI is InChI=1S/C15H21N3/c1-15(2,3)12-16-14-7-5-13(6-8-14)11-18-10-4-9-17-18/h4-10,16H,11-12H2,1-3H3. The van der Waals surface area contributed by atoms with Crippen molar-refractivity contribution in [2.24, 2.45) is 5.41 Å². The first-order chi connectivity index (χ1) is 8.53.